The lowest BCUT2D eigenvalue weighted by molar-refractivity contribution is -0.136. The van der Waals surface area contributed by atoms with E-state index < -0.39 is 108 Å². The Kier molecular flexibility index (Phi) is 23.9. The third-order valence-corrected chi connectivity index (χ3v) is 8.20. The molecule has 0 rings (SSSR count). The number of carbonyl (C=O) groups excluding carboxylic acids is 9. The summed E-state index contributed by atoms with van der Waals surface area (Å²) >= 11 is 0. The monoisotopic (exact) mass is 827 g/mol. The van der Waals surface area contributed by atoms with Crippen LogP contribution in [0.3, 0.4) is 0 Å². The number of aliphatic hydroxyl groups is 1. The third kappa shape index (κ3) is 22.3. The highest BCUT2D eigenvalue weighted by molar-refractivity contribution is 5.98. The predicted molar refractivity (Wildman–Crippen MR) is 213 cm³/mol. The van der Waals surface area contributed by atoms with Gasteiger partial charge in [-0.25, -0.2) is 0 Å². The van der Waals surface area contributed by atoms with Gasteiger partial charge in [0.2, 0.25) is 53.2 Å². The molecule has 0 spiro atoms. The van der Waals surface area contributed by atoms with Gasteiger partial charge < -0.3 is 65.3 Å². The SMILES string of the molecule is CC(=O)N[C@@H](CC(N)=O)C(=O)N[C@@H](CCCN=C(N)N)C(=O)N[C@@H](CC(C)C)C(=O)N[C@@H](CC(C)C)C(=O)N[C@@H](CC(C)C)C(=O)N[C@H](C(=O)NCC(N)=O)[C@@H](C)O. The molecule has 0 aliphatic carbocycles. The van der Waals surface area contributed by atoms with Gasteiger partial charge in [0.1, 0.15) is 36.3 Å². The van der Waals surface area contributed by atoms with Crippen molar-refractivity contribution in [3.8, 4) is 0 Å². The molecule has 0 saturated heterocycles. The second-order valence-corrected chi connectivity index (χ2v) is 15.4. The molecule has 0 aromatic carbocycles. The molecule has 0 aliphatic rings. The van der Waals surface area contributed by atoms with Gasteiger partial charge in [-0.2, -0.15) is 0 Å². The summed E-state index contributed by atoms with van der Waals surface area (Å²) in [5.74, 6) is -7.90. The molecule has 0 aliphatic heterocycles. The van der Waals surface area contributed by atoms with Crippen LogP contribution in [0.4, 0.5) is 0 Å². The Morgan fingerprint density at radius 2 is 0.931 bits per heavy atom. The van der Waals surface area contributed by atoms with Gasteiger partial charge in [-0.1, -0.05) is 41.5 Å². The standard InChI is InChI=1S/C36H66N12O10/c1-17(2)12-23(45-30(53)22(10-9-11-41-36(39)40)44-33(56)26(15-27(37)51)43-21(8)50)31(54)46-24(13-18(3)4)32(55)47-25(14-19(5)6)34(57)48-29(20(7)49)35(58)42-16-28(38)52/h17-20,22-26,29,49H,9-16H2,1-8H3,(H2,37,51)(H2,38,52)(H,42,58)(H,43,50)(H,44,56)(H,45,53)(H,46,54)(H,47,55)(H,48,57)(H4,39,40,41)/t20-,22+,23+,24+,25+,26+,29+/m1/s1. The van der Waals surface area contributed by atoms with Crippen LogP contribution in [-0.4, -0.2) is 120 Å². The van der Waals surface area contributed by atoms with Gasteiger partial charge in [0.05, 0.1) is 19.1 Å². The van der Waals surface area contributed by atoms with Crippen molar-refractivity contribution in [2.75, 3.05) is 13.1 Å². The first kappa shape index (κ1) is 52.5. The number of nitrogens with one attached hydrogen (secondary N) is 7. The lowest BCUT2D eigenvalue weighted by atomic mass is 9.98. The van der Waals surface area contributed by atoms with E-state index in [1.807, 2.05) is 0 Å². The second-order valence-electron chi connectivity index (χ2n) is 15.4. The van der Waals surface area contributed by atoms with Crippen molar-refractivity contribution in [1.29, 1.82) is 0 Å². The van der Waals surface area contributed by atoms with Crippen molar-refractivity contribution in [2.24, 2.45) is 45.7 Å². The highest BCUT2D eigenvalue weighted by Crippen LogP contribution is 2.12. The summed E-state index contributed by atoms with van der Waals surface area (Å²) in [4.78, 5) is 119. The fraction of sp³-hybridized carbons (Fsp3) is 0.722. The van der Waals surface area contributed by atoms with Crippen LogP contribution < -0.4 is 60.2 Å². The molecular weight excluding hydrogens is 760 g/mol. The summed E-state index contributed by atoms with van der Waals surface area (Å²) in [6.45, 7) is 12.7. The molecule has 7 atom stereocenters. The molecule has 330 valence electrons. The largest absolute Gasteiger partial charge is 0.391 e. The predicted octanol–water partition coefficient (Wildman–Crippen LogP) is -4.04. The van der Waals surface area contributed by atoms with Gasteiger partial charge in [-0.3, -0.25) is 48.1 Å². The number of carbonyl (C=O) groups is 9. The molecule has 22 nitrogen and oxygen atoms in total. The van der Waals surface area contributed by atoms with Crippen LogP contribution in [0.25, 0.3) is 0 Å². The van der Waals surface area contributed by atoms with Crippen LogP contribution in [0.15, 0.2) is 4.99 Å². The first-order valence-electron chi connectivity index (χ1n) is 19.2. The first-order chi connectivity index (χ1) is 26.8. The molecule has 0 bridgehead atoms. The number of aliphatic imine (C=N–C) groups is 1. The maximum atomic E-state index is 13.9. The average molecular weight is 827 g/mol. The first-order valence-corrected chi connectivity index (χ1v) is 19.2. The average Bonchev–Trinajstić information content (AvgIpc) is 3.07. The maximum Gasteiger partial charge on any atom is 0.245 e. The molecule has 0 heterocycles. The summed E-state index contributed by atoms with van der Waals surface area (Å²) in [7, 11) is 0. The normalized spacial score (nSPS) is 14.7. The fourth-order valence-corrected chi connectivity index (χ4v) is 5.57. The molecule has 0 aromatic heterocycles. The number of hydrogen-bond acceptors (Lipinski definition) is 11. The maximum absolute atomic E-state index is 13.9. The number of primary amides is 2. The van der Waals surface area contributed by atoms with Crippen molar-refractivity contribution >= 4 is 59.1 Å². The van der Waals surface area contributed by atoms with E-state index in [-0.39, 0.29) is 62.4 Å². The number of aliphatic hydroxyl groups excluding tert-OH is 1. The Morgan fingerprint density at radius 3 is 1.29 bits per heavy atom. The smallest absolute Gasteiger partial charge is 0.245 e. The topological polar surface area (TPSA) is 375 Å². The fourth-order valence-electron chi connectivity index (χ4n) is 5.57. The van der Waals surface area contributed by atoms with Crippen molar-refractivity contribution < 1.29 is 48.3 Å². The highest BCUT2D eigenvalue weighted by Gasteiger charge is 2.35. The minimum absolute atomic E-state index is 0.0336. The van der Waals surface area contributed by atoms with E-state index in [1.165, 1.54) is 6.92 Å². The van der Waals surface area contributed by atoms with Crippen LogP contribution in [0.1, 0.15) is 93.9 Å². The van der Waals surface area contributed by atoms with E-state index in [1.54, 1.807) is 41.5 Å². The number of nitrogens with zero attached hydrogens (tertiary/aromatic N) is 1. The van der Waals surface area contributed by atoms with E-state index in [0.717, 1.165) is 6.92 Å². The number of rotatable bonds is 27. The van der Waals surface area contributed by atoms with Crippen LogP contribution in [-0.2, 0) is 43.2 Å². The van der Waals surface area contributed by atoms with Crippen LogP contribution in [0.5, 0.6) is 0 Å². The van der Waals surface area contributed by atoms with Crippen molar-refractivity contribution in [2.45, 2.75) is 136 Å². The lowest BCUT2D eigenvalue weighted by Crippen LogP contribution is -2.61. The molecule has 0 aromatic rings. The summed E-state index contributed by atoms with van der Waals surface area (Å²) in [6.07, 6.45) is -1.50. The number of hydrogen-bond donors (Lipinski definition) is 12. The molecule has 0 saturated carbocycles. The minimum atomic E-state index is -1.50. The van der Waals surface area contributed by atoms with Crippen molar-refractivity contribution in [1.82, 2.24) is 37.2 Å². The van der Waals surface area contributed by atoms with Crippen LogP contribution in [0.2, 0.25) is 0 Å². The van der Waals surface area contributed by atoms with Crippen molar-refractivity contribution in [3.05, 3.63) is 0 Å². The summed E-state index contributed by atoms with van der Waals surface area (Å²) in [5, 5.41) is 27.7. The molecule has 0 fully saturated rings. The zero-order chi connectivity index (χ0) is 44.9. The highest BCUT2D eigenvalue weighted by atomic mass is 16.3. The molecule has 16 N–H and O–H groups in total. The van der Waals surface area contributed by atoms with Gasteiger partial charge in [-0.05, 0) is 56.8 Å². The summed E-state index contributed by atoms with van der Waals surface area (Å²) < 4.78 is 0. The molecule has 0 radical (unpaired) electrons. The Hall–Kier alpha value is -5.54. The van der Waals surface area contributed by atoms with Gasteiger partial charge in [0.15, 0.2) is 5.96 Å². The Morgan fingerprint density at radius 1 is 0.534 bits per heavy atom. The van der Waals surface area contributed by atoms with Gasteiger partial charge >= 0.3 is 0 Å². The van der Waals surface area contributed by atoms with Gasteiger partial charge in [0, 0.05) is 13.5 Å². The van der Waals surface area contributed by atoms with Gasteiger partial charge in [-0.15, -0.1) is 0 Å². The Labute approximate surface area is 339 Å². The van der Waals surface area contributed by atoms with E-state index in [0.29, 0.717) is 0 Å². The third-order valence-electron chi connectivity index (χ3n) is 8.20. The van der Waals surface area contributed by atoms with E-state index in [2.05, 4.69) is 42.2 Å². The second kappa shape index (κ2) is 26.4. The number of nitrogens with two attached hydrogens (primary N) is 4. The van der Waals surface area contributed by atoms with E-state index >= 15 is 0 Å². The van der Waals surface area contributed by atoms with Crippen molar-refractivity contribution in [3.63, 3.8) is 0 Å². The van der Waals surface area contributed by atoms with Crippen LogP contribution >= 0.6 is 0 Å². The summed E-state index contributed by atoms with van der Waals surface area (Å²) in [6, 6.07) is -7.87. The number of guanidine groups is 1. The minimum Gasteiger partial charge on any atom is -0.391 e. The Bertz CT molecular complexity index is 1450. The zero-order valence-corrected chi connectivity index (χ0v) is 34.8. The zero-order valence-electron chi connectivity index (χ0n) is 34.8. The Balaban J connectivity index is 6.45. The summed E-state index contributed by atoms with van der Waals surface area (Å²) in [5.41, 5.74) is 21.2. The van der Waals surface area contributed by atoms with Gasteiger partial charge in [0.25, 0.3) is 0 Å². The molecule has 58 heavy (non-hydrogen) atoms. The molecule has 0 unspecified atom stereocenters. The quantitative estimate of drug-likeness (QED) is 0.0214. The number of amides is 9. The van der Waals surface area contributed by atoms with E-state index in [4.69, 9.17) is 22.9 Å². The molecular formula is C36H66N12O10. The molecule has 22 heteroatoms. The molecule has 9 amide bonds. The lowest BCUT2D eigenvalue weighted by Gasteiger charge is -2.29. The van der Waals surface area contributed by atoms with Crippen LogP contribution in [0, 0.1) is 17.8 Å². The van der Waals surface area contributed by atoms with E-state index in [9.17, 15) is 48.3 Å².